The molecule has 1 atom stereocenters. The lowest BCUT2D eigenvalue weighted by atomic mass is 10.0. The number of benzene rings is 2. The minimum absolute atomic E-state index is 0.00485. The third kappa shape index (κ3) is 4.83. The molecule has 2 aromatic rings. The van der Waals surface area contributed by atoms with Crippen molar-refractivity contribution in [3.05, 3.63) is 69.8 Å². The van der Waals surface area contributed by atoms with E-state index in [9.17, 15) is 19.7 Å². The van der Waals surface area contributed by atoms with Gasteiger partial charge in [0.05, 0.1) is 11.0 Å². The fraction of sp³-hybridized carbons (Fsp3) is 0.417. The van der Waals surface area contributed by atoms with Gasteiger partial charge in [-0.3, -0.25) is 19.7 Å². The molecule has 2 heterocycles. The Morgan fingerprint density at radius 2 is 1.67 bits per heavy atom. The highest BCUT2D eigenvalue weighted by atomic mass is 16.6. The van der Waals surface area contributed by atoms with Crippen LogP contribution in [0.25, 0.3) is 0 Å². The minimum Gasteiger partial charge on any atom is -0.362 e. The standard InChI is InChI=1S/C24H29N5O4/c1-18(30)26-11-13-27(14-12-26)21-9-8-20(16-22(21)29(32)33)24(31)28-15-10-25(2)17-23(28)19-6-4-3-5-7-19/h3-9,16,23H,10-15,17H2,1-2H3. The second-order valence-corrected chi connectivity index (χ2v) is 8.64. The van der Waals surface area contributed by atoms with Crippen molar-refractivity contribution >= 4 is 23.2 Å². The summed E-state index contributed by atoms with van der Waals surface area (Å²) in [6.45, 7) is 5.61. The van der Waals surface area contributed by atoms with Crippen LogP contribution in [-0.4, -0.2) is 84.3 Å². The molecule has 174 valence electrons. The third-order valence-corrected chi connectivity index (χ3v) is 6.51. The van der Waals surface area contributed by atoms with Crippen LogP contribution in [0, 0.1) is 10.1 Å². The summed E-state index contributed by atoms with van der Waals surface area (Å²) in [6.07, 6.45) is 0. The lowest BCUT2D eigenvalue weighted by Crippen LogP contribution is -2.49. The van der Waals surface area contributed by atoms with Gasteiger partial charge in [0.1, 0.15) is 5.69 Å². The SMILES string of the molecule is CC(=O)N1CCN(c2ccc(C(=O)N3CCN(C)CC3c3ccccc3)cc2[N+](=O)[O-])CC1. The maximum absolute atomic E-state index is 13.5. The average Bonchev–Trinajstić information content (AvgIpc) is 2.83. The van der Waals surface area contributed by atoms with E-state index in [4.69, 9.17) is 0 Å². The van der Waals surface area contributed by atoms with E-state index in [1.807, 2.05) is 47.2 Å². The Morgan fingerprint density at radius 3 is 2.30 bits per heavy atom. The minimum atomic E-state index is -0.428. The van der Waals surface area contributed by atoms with Crippen molar-refractivity contribution in [1.82, 2.24) is 14.7 Å². The molecule has 0 radical (unpaired) electrons. The molecule has 0 saturated carbocycles. The van der Waals surface area contributed by atoms with Crippen LogP contribution in [-0.2, 0) is 4.79 Å². The first kappa shape index (κ1) is 22.7. The van der Waals surface area contributed by atoms with Gasteiger partial charge in [-0.1, -0.05) is 30.3 Å². The van der Waals surface area contributed by atoms with Crippen molar-refractivity contribution in [3.63, 3.8) is 0 Å². The molecule has 2 aromatic carbocycles. The fourth-order valence-corrected chi connectivity index (χ4v) is 4.62. The van der Waals surface area contributed by atoms with E-state index in [1.165, 1.54) is 13.0 Å². The van der Waals surface area contributed by atoms with E-state index < -0.39 is 4.92 Å². The maximum Gasteiger partial charge on any atom is 0.293 e. The number of piperazine rings is 2. The quantitative estimate of drug-likeness (QED) is 0.524. The number of anilines is 1. The average molecular weight is 452 g/mol. The number of carbonyl (C=O) groups excluding carboxylic acids is 2. The van der Waals surface area contributed by atoms with Gasteiger partial charge in [0.15, 0.2) is 0 Å². The third-order valence-electron chi connectivity index (χ3n) is 6.51. The first-order chi connectivity index (χ1) is 15.8. The van der Waals surface area contributed by atoms with Crippen molar-refractivity contribution in [3.8, 4) is 0 Å². The molecule has 0 N–H and O–H groups in total. The van der Waals surface area contributed by atoms with Gasteiger partial charge in [0.2, 0.25) is 5.91 Å². The van der Waals surface area contributed by atoms with Crippen LogP contribution in [0.1, 0.15) is 28.9 Å². The normalized spacial score (nSPS) is 19.5. The molecule has 2 saturated heterocycles. The Bertz CT molecular complexity index is 1040. The number of likely N-dealkylation sites (N-methyl/N-ethyl adjacent to an activating group) is 1. The lowest BCUT2D eigenvalue weighted by Gasteiger charge is -2.40. The molecule has 9 heteroatoms. The van der Waals surface area contributed by atoms with E-state index in [1.54, 1.807) is 17.0 Å². The Morgan fingerprint density at radius 1 is 0.970 bits per heavy atom. The van der Waals surface area contributed by atoms with Gasteiger partial charge in [0, 0.05) is 64.4 Å². The highest BCUT2D eigenvalue weighted by Gasteiger charge is 2.32. The first-order valence-electron chi connectivity index (χ1n) is 11.2. The zero-order valence-electron chi connectivity index (χ0n) is 19.0. The molecular formula is C24H29N5O4. The van der Waals surface area contributed by atoms with Gasteiger partial charge >= 0.3 is 0 Å². The topological polar surface area (TPSA) is 90.2 Å². The van der Waals surface area contributed by atoms with E-state index in [2.05, 4.69) is 4.90 Å². The smallest absolute Gasteiger partial charge is 0.293 e. The van der Waals surface area contributed by atoms with Crippen LogP contribution in [0.3, 0.4) is 0 Å². The van der Waals surface area contributed by atoms with Gasteiger partial charge in [-0.25, -0.2) is 0 Å². The molecule has 2 aliphatic rings. The highest BCUT2D eigenvalue weighted by molar-refractivity contribution is 5.96. The predicted octanol–water partition coefficient (Wildman–Crippen LogP) is 2.39. The Labute approximate surface area is 193 Å². The van der Waals surface area contributed by atoms with Gasteiger partial charge in [-0.05, 0) is 24.7 Å². The molecule has 4 rings (SSSR count). The van der Waals surface area contributed by atoms with Crippen molar-refractivity contribution in [2.45, 2.75) is 13.0 Å². The zero-order valence-corrected chi connectivity index (χ0v) is 19.0. The van der Waals surface area contributed by atoms with Crippen LogP contribution in [0.5, 0.6) is 0 Å². The van der Waals surface area contributed by atoms with Gasteiger partial charge in [0.25, 0.3) is 11.6 Å². The Hall–Kier alpha value is -3.46. The van der Waals surface area contributed by atoms with E-state index in [0.29, 0.717) is 50.5 Å². The number of hydrogen-bond acceptors (Lipinski definition) is 6. The molecule has 0 aromatic heterocycles. The fourth-order valence-electron chi connectivity index (χ4n) is 4.62. The van der Waals surface area contributed by atoms with Crippen molar-refractivity contribution in [2.24, 2.45) is 0 Å². The van der Waals surface area contributed by atoms with Gasteiger partial charge in [-0.2, -0.15) is 0 Å². The molecule has 0 bridgehead atoms. The van der Waals surface area contributed by atoms with Crippen LogP contribution < -0.4 is 4.90 Å². The number of nitro benzene ring substituents is 1. The summed E-state index contributed by atoms with van der Waals surface area (Å²) in [5, 5.41) is 11.9. The van der Waals surface area contributed by atoms with Crippen molar-refractivity contribution < 1.29 is 14.5 Å². The summed E-state index contributed by atoms with van der Waals surface area (Å²) in [4.78, 5) is 44.2. The molecule has 33 heavy (non-hydrogen) atoms. The summed E-state index contributed by atoms with van der Waals surface area (Å²) in [6, 6.07) is 14.5. The summed E-state index contributed by atoms with van der Waals surface area (Å²) in [7, 11) is 2.03. The molecule has 1 unspecified atom stereocenters. The highest BCUT2D eigenvalue weighted by Crippen LogP contribution is 2.32. The van der Waals surface area contributed by atoms with Gasteiger partial charge in [-0.15, -0.1) is 0 Å². The number of hydrogen-bond donors (Lipinski definition) is 0. The van der Waals surface area contributed by atoms with Crippen molar-refractivity contribution in [1.29, 1.82) is 0 Å². The molecule has 2 amide bonds. The number of rotatable bonds is 4. The predicted molar refractivity (Wildman–Crippen MR) is 125 cm³/mol. The largest absolute Gasteiger partial charge is 0.362 e. The van der Waals surface area contributed by atoms with Crippen LogP contribution in [0.4, 0.5) is 11.4 Å². The number of amides is 2. The van der Waals surface area contributed by atoms with E-state index in [-0.39, 0.29) is 23.5 Å². The van der Waals surface area contributed by atoms with E-state index >= 15 is 0 Å². The molecule has 2 fully saturated rings. The Balaban J connectivity index is 1.59. The van der Waals surface area contributed by atoms with Crippen molar-refractivity contribution in [2.75, 3.05) is 57.8 Å². The summed E-state index contributed by atoms with van der Waals surface area (Å²) in [5.41, 5.74) is 1.77. The molecule has 9 nitrogen and oxygen atoms in total. The molecule has 0 spiro atoms. The number of carbonyl (C=O) groups is 2. The summed E-state index contributed by atoms with van der Waals surface area (Å²) in [5.74, 6) is -0.196. The molecule has 0 aliphatic carbocycles. The maximum atomic E-state index is 13.5. The summed E-state index contributed by atoms with van der Waals surface area (Å²) >= 11 is 0. The molecule has 2 aliphatic heterocycles. The number of nitrogens with zero attached hydrogens (tertiary/aromatic N) is 5. The van der Waals surface area contributed by atoms with Gasteiger partial charge < -0.3 is 19.6 Å². The van der Waals surface area contributed by atoms with Crippen LogP contribution in [0.15, 0.2) is 48.5 Å². The second-order valence-electron chi connectivity index (χ2n) is 8.64. The number of nitro groups is 1. The Kier molecular flexibility index (Phi) is 6.60. The van der Waals surface area contributed by atoms with E-state index in [0.717, 1.165) is 12.1 Å². The first-order valence-corrected chi connectivity index (χ1v) is 11.2. The monoisotopic (exact) mass is 451 g/mol. The lowest BCUT2D eigenvalue weighted by molar-refractivity contribution is -0.384. The zero-order chi connectivity index (χ0) is 23.5. The van der Waals surface area contributed by atoms with Crippen LogP contribution in [0.2, 0.25) is 0 Å². The van der Waals surface area contributed by atoms with Crippen LogP contribution >= 0.6 is 0 Å². The molecular weight excluding hydrogens is 422 g/mol. The summed E-state index contributed by atoms with van der Waals surface area (Å²) < 4.78 is 0. The second kappa shape index (κ2) is 9.58.